The third-order valence-electron chi connectivity index (χ3n) is 3.76. The number of thioether (sulfide) groups is 1. The second-order valence-electron chi connectivity index (χ2n) is 5.79. The van der Waals surface area contributed by atoms with Crippen LogP contribution in [0, 0.1) is 13.8 Å². The highest BCUT2D eigenvalue weighted by molar-refractivity contribution is 8.13. The third-order valence-corrected chi connectivity index (χ3v) is 4.65. The highest BCUT2D eigenvalue weighted by Crippen LogP contribution is 2.18. The molecule has 0 radical (unpaired) electrons. The van der Waals surface area contributed by atoms with E-state index in [2.05, 4.69) is 5.32 Å². The van der Waals surface area contributed by atoms with Gasteiger partial charge in [-0.25, -0.2) is 0 Å². The molecule has 1 atom stereocenters. The lowest BCUT2D eigenvalue weighted by molar-refractivity contribution is -0.153. The van der Waals surface area contributed by atoms with Crippen LogP contribution in [0.4, 0.5) is 10.5 Å². The molecule has 1 aromatic rings. The molecule has 1 saturated heterocycles. The van der Waals surface area contributed by atoms with Gasteiger partial charge in [0.2, 0.25) is 0 Å². The summed E-state index contributed by atoms with van der Waals surface area (Å²) in [4.78, 5) is 37.1. The van der Waals surface area contributed by atoms with Gasteiger partial charge in [0.1, 0.15) is 0 Å². The SMILES string of the molecule is Cc1ccc(C)c(NC(=O)C(C)OC(=O)CCN2CCSC2=O)c1. The predicted molar refractivity (Wildman–Crippen MR) is 94.1 cm³/mol. The molecule has 0 bridgehead atoms. The summed E-state index contributed by atoms with van der Waals surface area (Å²) in [6.45, 7) is 6.36. The maximum Gasteiger partial charge on any atom is 0.308 e. The number of aryl methyl sites for hydroxylation is 2. The summed E-state index contributed by atoms with van der Waals surface area (Å²) in [5.41, 5.74) is 2.69. The van der Waals surface area contributed by atoms with Gasteiger partial charge in [0.05, 0.1) is 6.42 Å². The smallest absolute Gasteiger partial charge is 0.308 e. The van der Waals surface area contributed by atoms with Gasteiger partial charge in [-0.2, -0.15) is 0 Å². The predicted octanol–water partition coefficient (Wildman–Crippen LogP) is 2.73. The highest BCUT2D eigenvalue weighted by atomic mass is 32.2. The quantitative estimate of drug-likeness (QED) is 0.799. The number of esters is 1. The van der Waals surface area contributed by atoms with Crippen molar-refractivity contribution in [2.24, 2.45) is 0 Å². The van der Waals surface area contributed by atoms with Gasteiger partial charge in [0, 0.05) is 24.5 Å². The van der Waals surface area contributed by atoms with Crippen LogP contribution < -0.4 is 5.32 Å². The van der Waals surface area contributed by atoms with Crippen molar-refractivity contribution < 1.29 is 19.1 Å². The number of rotatable bonds is 6. The van der Waals surface area contributed by atoms with Crippen LogP contribution >= 0.6 is 11.8 Å². The molecule has 1 N–H and O–H groups in total. The molecule has 7 heteroatoms. The summed E-state index contributed by atoms with van der Waals surface area (Å²) in [6.07, 6.45) is -0.797. The summed E-state index contributed by atoms with van der Waals surface area (Å²) >= 11 is 1.25. The summed E-state index contributed by atoms with van der Waals surface area (Å²) in [5.74, 6) is -0.101. The molecular formula is C17H22N2O4S. The highest BCUT2D eigenvalue weighted by Gasteiger charge is 2.23. The molecule has 1 heterocycles. The third kappa shape index (κ3) is 4.99. The Morgan fingerprint density at radius 3 is 2.79 bits per heavy atom. The number of anilines is 1. The Balaban J connectivity index is 1.81. The second kappa shape index (κ2) is 8.19. The van der Waals surface area contributed by atoms with Gasteiger partial charge in [0.25, 0.3) is 11.1 Å². The van der Waals surface area contributed by atoms with Crippen LogP contribution in [0.25, 0.3) is 0 Å². The Morgan fingerprint density at radius 1 is 1.38 bits per heavy atom. The number of carbonyl (C=O) groups is 3. The number of carbonyl (C=O) groups excluding carboxylic acids is 3. The fraction of sp³-hybridized carbons (Fsp3) is 0.471. The van der Waals surface area contributed by atoms with Crippen LogP contribution in [0.3, 0.4) is 0 Å². The fourth-order valence-electron chi connectivity index (χ4n) is 2.27. The minimum atomic E-state index is -0.888. The fourth-order valence-corrected chi connectivity index (χ4v) is 3.12. The molecule has 130 valence electrons. The first-order chi connectivity index (χ1) is 11.4. The minimum absolute atomic E-state index is 0.0106. The molecule has 0 spiro atoms. The van der Waals surface area contributed by atoms with E-state index in [1.54, 1.807) is 4.90 Å². The van der Waals surface area contributed by atoms with Crippen LogP contribution in [0.15, 0.2) is 18.2 Å². The van der Waals surface area contributed by atoms with Crippen molar-refractivity contribution in [2.45, 2.75) is 33.3 Å². The summed E-state index contributed by atoms with van der Waals surface area (Å²) in [6, 6.07) is 5.76. The van der Waals surface area contributed by atoms with E-state index >= 15 is 0 Å². The zero-order chi connectivity index (χ0) is 17.7. The van der Waals surface area contributed by atoms with E-state index in [9.17, 15) is 14.4 Å². The van der Waals surface area contributed by atoms with Crippen LogP contribution in [-0.2, 0) is 14.3 Å². The lowest BCUT2D eigenvalue weighted by atomic mass is 10.1. The largest absolute Gasteiger partial charge is 0.452 e. The van der Waals surface area contributed by atoms with Crippen molar-refractivity contribution in [3.63, 3.8) is 0 Å². The van der Waals surface area contributed by atoms with Gasteiger partial charge in [0.15, 0.2) is 6.10 Å². The van der Waals surface area contributed by atoms with Gasteiger partial charge in [-0.05, 0) is 38.0 Å². The molecule has 0 saturated carbocycles. The Labute approximate surface area is 145 Å². The lowest BCUT2D eigenvalue weighted by Crippen LogP contribution is -2.32. The molecule has 2 rings (SSSR count). The Bertz CT molecular complexity index is 647. The molecule has 1 unspecified atom stereocenters. The van der Waals surface area contributed by atoms with Crippen LogP contribution in [0.5, 0.6) is 0 Å². The van der Waals surface area contributed by atoms with E-state index in [1.165, 1.54) is 18.7 Å². The zero-order valence-corrected chi connectivity index (χ0v) is 14.9. The molecular weight excluding hydrogens is 328 g/mol. The van der Waals surface area contributed by atoms with E-state index in [1.807, 2.05) is 32.0 Å². The molecule has 1 aliphatic rings. The van der Waals surface area contributed by atoms with Crippen molar-refractivity contribution in [1.29, 1.82) is 0 Å². The van der Waals surface area contributed by atoms with Gasteiger partial charge < -0.3 is 15.0 Å². The number of benzene rings is 1. The number of nitrogens with one attached hydrogen (secondary N) is 1. The second-order valence-corrected chi connectivity index (χ2v) is 6.84. The maximum atomic E-state index is 12.2. The van der Waals surface area contributed by atoms with Crippen molar-refractivity contribution in [2.75, 3.05) is 24.2 Å². The molecule has 2 amide bonds. The number of ether oxygens (including phenoxy) is 1. The van der Waals surface area contributed by atoms with Crippen LogP contribution in [-0.4, -0.2) is 47.0 Å². The summed E-state index contributed by atoms with van der Waals surface area (Å²) in [5, 5.41) is 2.77. The standard InChI is InChI=1S/C17H22N2O4S/c1-11-4-5-12(2)14(10-11)18-16(21)13(3)23-15(20)6-7-19-8-9-24-17(19)22/h4-5,10,13H,6-9H2,1-3H3,(H,18,21). The van der Waals surface area contributed by atoms with Crippen molar-refractivity contribution in [3.8, 4) is 0 Å². The monoisotopic (exact) mass is 350 g/mol. The molecule has 0 aliphatic carbocycles. The van der Waals surface area contributed by atoms with Gasteiger partial charge >= 0.3 is 5.97 Å². The summed E-state index contributed by atoms with van der Waals surface area (Å²) in [7, 11) is 0. The minimum Gasteiger partial charge on any atom is -0.452 e. The molecule has 1 aliphatic heterocycles. The molecule has 6 nitrogen and oxygen atoms in total. The van der Waals surface area contributed by atoms with E-state index in [0.29, 0.717) is 18.8 Å². The lowest BCUT2D eigenvalue weighted by Gasteiger charge is -2.17. The first kappa shape index (κ1) is 18.3. The Hall–Kier alpha value is -2.02. The molecule has 1 aromatic carbocycles. The molecule has 24 heavy (non-hydrogen) atoms. The Morgan fingerprint density at radius 2 is 2.12 bits per heavy atom. The van der Waals surface area contributed by atoms with E-state index in [4.69, 9.17) is 4.74 Å². The van der Waals surface area contributed by atoms with Gasteiger partial charge in [-0.15, -0.1) is 0 Å². The number of amides is 2. The Kier molecular flexibility index (Phi) is 6.25. The maximum absolute atomic E-state index is 12.2. The van der Waals surface area contributed by atoms with E-state index < -0.39 is 12.1 Å². The number of hydrogen-bond acceptors (Lipinski definition) is 5. The van der Waals surface area contributed by atoms with Gasteiger partial charge in [-0.3, -0.25) is 14.4 Å². The molecule has 1 fully saturated rings. The number of hydrogen-bond donors (Lipinski definition) is 1. The van der Waals surface area contributed by atoms with Crippen LogP contribution in [0.1, 0.15) is 24.5 Å². The van der Waals surface area contributed by atoms with Crippen molar-refractivity contribution >= 4 is 34.6 Å². The first-order valence-corrected chi connectivity index (χ1v) is 8.84. The van der Waals surface area contributed by atoms with E-state index in [0.717, 1.165) is 16.9 Å². The van der Waals surface area contributed by atoms with Crippen molar-refractivity contribution in [1.82, 2.24) is 4.90 Å². The normalized spacial score (nSPS) is 15.3. The van der Waals surface area contributed by atoms with Gasteiger partial charge in [-0.1, -0.05) is 23.9 Å². The van der Waals surface area contributed by atoms with E-state index in [-0.39, 0.29) is 17.6 Å². The summed E-state index contributed by atoms with van der Waals surface area (Å²) < 4.78 is 5.15. The topological polar surface area (TPSA) is 75.7 Å². The average molecular weight is 350 g/mol. The van der Waals surface area contributed by atoms with Crippen LogP contribution in [0.2, 0.25) is 0 Å². The molecule has 0 aromatic heterocycles. The number of nitrogens with zero attached hydrogens (tertiary/aromatic N) is 1. The average Bonchev–Trinajstić information content (AvgIpc) is 2.94. The zero-order valence-electron chi connectivity index (χ0n) is 14.1. The first-order valence-electron chi connectivity index (χ1n) is 7.86. The van der Waals surface area contributed by atoms with Crippen molar-refractivity contribution in [3.05, 3.63) is 29.3 Å².